The van der Waals surface area contributed by atoms with Gasteiger partial charge in [0.2, 0.25) is 0 Å². The zero-order valence-electron chi connectivity index (χ0n) is 15.7. The summed E-state index contributed by atoms with van der Waals surface area (Å²) in [4.78, 5) is 29.0. The Morgan fingerprint density at radius 2 is 1.79 bits per heavy atom. The summed E-state index contributed by atoms with van der Waals surface area (Å²) in [7, 11) is 1.63. The van der Waals surface area contributed by atoms with Crippen molar-refractivity contribution in [2.24, 2.45) is 0 Å². The number of ether oxygens (including phenoxy) is 1. The van der Waals surface area contributed by atoms with Gasteiger partial charge in [-0.1, -0.05) is 42.5 Å². The average Bonchev–Trinajstić information content (AvgIpc) is 2.74. The van der Waals surface area contributed by atoms with Gasteiger partial charge in [0.15, 0.2) is 5.78 Å². The highest BCUT2D eigenvalue weighted by atomic mass is 16.5. The summed E-state index contributed by atoms with van der Waals surface area (Å²) in [5.74, 6) is 0.591. The molecule has 28 heavy (non-hydrogen) atoms. The van der Waals surface area contributed by atoms with E-state index >= 15 is 0 Å². The van der Waals surface area contributed by atoms with E-state index < -0.39 is 0 Å². The first-order chi connectivity index (χ1) is 13.7. The van der Waals surface area contributed by atoms with Crippen LogP contribution in [0.2, 0.25) is 0 Å². The lowest BCUT2D eigenvalue weighted by molar-refractivity contribution is 0.0950. The fourth-order valence-corrected chi connectivity index (χ4v) is 2.86. The number of carbonyl (C=O) groups is 2. The summed E-state index contributed by atoms with van der Waals surface area (Å²) < 4.78 is 5.21. The van der Waals surface area contributed by atoms with Gasteiger partial charge in [0.05, 0.1) is 13.5 Å². The molecular weight excluding hydrogens is 352 g/mol. The first kappa shape index (κ1) is 19.3. The van der Waals surface area contributed by atoms with Gasteiger partial charge in [-0.3, -0.25) is 14.6 Å². The molecule has 0 aliphatic carbocycles. The number of aromatic nitrogens is 1. The predicted octanol–water partition coefficient (Wildman–Crippen LogP) is 3.49. The number of nitrogens with zero attached hydrogens (tertiary/aromatic N) is 1. The van der Waals surface area contributed by atoms with Crippen molar-refractivity contribution in [3.8, 4) is 5.75 Å². The van der Waals surface area contributed by atoms with Crippen molar-refractivity contribution < 1.29 is 14.3 Å². The summed E-state index contributed by atoms with van der Waals surface area (Å²) in [6.07, 6.45) is 2.42. The van der Waals surface area contributed by atoms with Crippen LogP contribution < -0.4 is 10.1 Å². The third kappa shape index (κ3) is 5.27. The molecule has 0 atom stereocenters. The molecule has 3 aromatic rings. The van der Waals surface area contributed by atoms with Crippen molar-refractivity contribution >= 4 is 11.7 Å². The number of benzene rings is 2. The molecular formula is C23H22N2O3. The first-order valence-electron chi connectivity index (χ1n) is 9.10. The van der Waals surface area contributed by atoms with Crippen molar-refractivity contribution in [1.82, 2.24) is 10.3 Å². The molecule has 0 unspecified atom stereocenters. The average molecular weight is 374 g/mol. The number of pyridine rings is 1. The second-order valence-corrected chi connectivity index (χ2v) is 6.36. The van der Waals surface area contributed by atoms with Crippen molar-refractivity contribution in [3.63, 3.8) is 0 Å². The molecule has 1 N–H and O–H groups in total. The lowest BCUT2D eigenvalue weighted by Crippen LogP contribution is -2.26. The van der Waals surface area contributed by atoms with E-state index in [2.05, 4.69) is 10.3 Å². The second-order valence-electron chi connectivity index (χ2n) is 6.36. The zero-order chi connectivity index (χ0) is 19.8. The molecule has 0 saturated carbocycles. The Balaban J connectivity index is 1.57. The highest BCUT2D eigenvalue weighted by Gasteiger charge is 2.11. The number of methoxy groups -OCH3 is 1. The minimum atomic E-state index is -0.182. The number of amides is 1. The van der Waals surface area contributed by atoms with Crippen molar-refractivity contribution in [2.45, 2.75) is 12.8 Å². The summed E-state index contributed by atoms with van der Waals surface area (Å²) in [5, 5.41) is 2.90. The third-order valence-electron chi connectivity index (χ3n) is 4.35. The maximum atomic E-state index is 12.4. The zero-order valence-corrected chi connectivity index (χ0v) is 15.7. The molecule has 0 bridgehead atoms. The summed E-state index contributed by atoms with van der Waals surface area (Å²) >= 11 is 0. The molecule has 0 aliphatic rings. The van der Waals surface area contributed by atoms with E-state index in [4.69, 9.17) is 4.74 Å². The van der Waals surface area contributed by atoms with Gasteiger partial charge >= 0.3 is 0 Å². The molecule has 0 fully saturated rings. The van der Waals surface area contributed by atoms with E-state index in [9.17, 15) is 9.59 Å². The van der Waals surface area contributed by atoms with Crippen LogP contribution in [0.25, 0.3) is 0 Å². The molecule has 0 saturated heterocycles. The lowest BCUT2D eigenvalue weighted by Gasteiger charge is -2.08. The SMILES string of the molecule is COc1cccc(CCNC(=O)c2ccnc(CC(=O)c3ccccc3)c2)c1. The second kappa shape index (κ2) is 9.46. The highest BCUT2D eigenvalue weighted by Crippen LogP contribution is 2.13. The minimum absolute atomic E-state index is 0.0244. The molecule has 142 valence electrons. The first-order valence-corrected chi connectivity index (χ1v) is 9.10. The van der Waals surface area contributed by atoms with Crippen LogP contribution in [0.4, 0.5) is 0 Å². The van der Waals surface area contributed by atoms with E-state index in [1.807, 2.05) is 42.5 Å². The Kier molecular flexibility index (Phi) is 6.52. The standard InChI is InChI=1S/C23H22N2O3/c1-28-21-9-5-6-17(14-21)10-12-25-23(27)19-11-13-24-20(15-19)16-22(26)18-7-3-2-4-8-18/h2-9,11,13-15H,10,12,16H2,1H3,(H,25,27). The highest BCUT2D eigenvalue weighted by molar-refractivity contribution is 5.98. The predicted molar refractivity (Wildman–Crippen MR) is 108 cm³/mol. The molecule has 5 nitrogen and oxygen atoms in total. The topological polar surface area (TPSA) is 68.3 Å². The van der Waals surface area contributed by atoms with Gasteiger partial charge < -0.3 is 10.1 Å². The normalized spacial score (nSPS) is 10.3. The van der Waals surface area contributed by atoms with Gasteiger partial charge in [-0.15, -0.1) is 0 Å². The van der Waals surface area contributed by atoms with Crippen LogP contribution in [0.15, 0.2) is 72.9 Å². The fraction of sp³-hybridized carbons (Fsp3) is 0.174. The van der Waals surface area contributed by atoms with Gasteiger partial charge in [-0.25, -0.2) is 0 Å². The molecule has 2 aromatic carbocycles. The lowest BCUT2D eigenvalue weighted by atomic mass is 10.1. The van der Waals surface area contributed by atoms with Crippen molar-refractivity contribution in [1.29, 1.82) is 0 Å². The summed E-state index contributed by atoms with van der Waals surface area (Å²) in [6.45, 7) is 0.507. The maximum Gasteiger partial charge on any atom is 0.251 e. The van der Waals surface area contributed by atoms with Crippen LogP contribution in [0, 0.1) is 0 Å². The van der Waals surface area contributed by atoms with Gasteiger partial charge in [0.25, 0.3) is 5.91 Å². The van der Waals surface area contributed by atoms with Gasteiger partial charge in [-0.05, 0) is 36.2 Å². The number of hydrogen-bond acceptors (Lipinski definition) is 4. The molecule has 0 radical (unpaired) electrons. The van der Waals surface area contributed by atoms with E-state index in [1.54, 1.807) is 37.6 Å². The van der Waals surface area contributed by atoms with Crippen LogP contribution in [0.5, 0.6) is 5.75 Å². The number of nitrogens with one attached hydrogen (secondary N) is 1. The number of Topliss-reactive ketones (excluding diaryl/α,β-unsaturated/α-hetero) is 1. The van der Waals surface area contributed by atoms with Crippen LogP contribution in [-0.4, -0.2) is 30.3 Å². The van der Waals surface area contributed by atoms with Gasteiger partial charge in [-0.2, -0.15) is 0 Å². The monoisotopic (exact) mass is 374 g/mol. The van der Waals surface area contributed by atoms with E-state index in [0.717, 1.165) is 11.3 Å². The quantitative estimate of drug-likeness (QED) is 0.613. The third-order valence-corrected chi connectivity index (χ3v) is 4.35. The largest absolute Gasteiger partial charge is 0.497 e. The molecule has 1 aromatic heterocycles. The Hall–Kier alpha value is -3.47. The number of rotatable bonds is 8. The minimum Gasteiger partial charge on any atom is -0.497 e. The smallest absolute Gasteiger partial charge is 0.251 e. The summed E-state index contributed by atoms with van der Waals surface area (Å²) in [6, 6.07) is 20.1. The Bertz CT molecular complexity index is 955. The van der Waals surface area contributed by atoms with Crippen molar-refractivity contribution in [3.05, 3.63) is 95.3 Å². The van der Waals surface area contributed by atoms with Crippen LogP contribution >= 0.6 is 0 Å². The molecule has 1 amide bonds. The van der Waals surface area contributed by atoms with Crippen LogP contribution in [0.1, 0.15) is 32.0 Å². The molecule has 0 aliphatic heterocycles. The van der Waals surface area contributed by atoms with Crippen molar-refractivity contribution in [2.75, 3.05) is 13.7 Å². The number of carbonyl (C=O) groups excluding carboxylic acids is 2. The van der Waals surface area contributed by atoms with Gasteiger partial charge in [0, 0.05) is 29.6 Å². The Morgan fingerprint density at radius 3 is 2.57 bits per heavy atom. The fourth-order valence-electron chi connectivity index (χ4n) is 2.86. The molecule has 5 heteroatoms. The molecule has 3 rings (SSSR count). The number of ketones is 1. The van der Waals surface area contributed by atoms with E-state index in [0.29, 0.717) is 29.8 Å². The molecule has 1 heterocycles. The maximum absolute atomic E-state index is 12.4. The van der Waals surface area contributed by atoms with Crippen LogP contribution in [-0.2, 0) is 12.8 Å². The Morgan fingerprint density at radius 1 is 0.964 bits per heavy atom. The molecule has 0 spiro atoms. The Labute approximate surface area is 164 Å². The van der Waals surface area contributed by atoms with E-state index in [-0.39, 0.29) is 18.1 Å². The number of hydrogen-bond donors (Lipinski definition) is 1. The summed E-state index contributed by atoms with van der Waals surface area (Å²) in [5.41, 5.74) is 2.80. The van der Waals surface area contributed by atoms with Crippen LogP contribution in [0.3, 0.4) is 0 Å². The van der Waals surface area contributed by atoms with Gasteiger partial charge in [0.1, 0.15) is 5.75 Å². The van der Waals surface area contributed by atoms with E-state index in [1.165, 1.54) is 0 Å².